The summed E-state index contributed by atoms with van der Waals surface area (Å²) in [4.78, 5) is 137. The average Bonchev–Trinajstić information content (AvgIpc) is 3.17. The molecule has 0 spiro atoms. The molecule has 3 rings (SSSR count). The van der Waals surface area contributed by atoms with Gasteiger partial charge in [-0.3, -0.25) is 52.7 Å². The largest absolute Gasteiger partial charge is 0.463 e. The molecule has 3 saturated heterocycles. The van der Waals surface area contributed by atoms with Crippen LogP contribution in [0.25, 0.3) is 0 Å². The van der Waals surface area contributed by atoms with Crippen LogP contribution in [-0.4, -0.2) is 176 Å². The van der Waals surface area contributed by atoms with Crippen LogP contribution in [0.15, 0.2) is 0 Å². The van der Waals surface area contributed by atoms with Gasteiger partial charge in [0.25, 0.3) is 0 Å². The number of hydrogen-bond donors (Lipinski definition) is 0. The van der Waals surface area contributed by atoms with E-state index in [2.05, 4.69) is 0 Å². The first-order chi connectivity index (χ1) is 31.3. The molecule has 0 aromatic carbocycles. The number of thioether (sulfide) groups is 1. The summed E-state index contributed by atoms with van der Waals surface area (Å²) < 4.78 is 85.8. The summed E-state index contributed by atoms with van der Waals surface area (Å²) in [5.41, 5.74) is -1.41. The van der Waals surface area contributed by atoms with Gasteiger partial charge in [-0.1, -0.05) is 11.8 Å². The minimum Gasteiger partial charge on any atom is -0.463 e. The van der Waals surface area contributed by atoms with Crippen molar-refractivity contribution in [2.75, 3.05) is 19.8 Å². The van der Waals surface area contributed by atoms with Gasteiger partial charge < -0.3 is 71.1 Å². The van der Waals surface area contributed by atoms with Gasteiger partial charge in [-0.15, -0.1) is 0 Å². The minimum atomic E-state index is -2.02. The Labute approximate surface area is 387 Å². The Hall–Kier alpha value is -5.48. The number of carbonyl (C=O) groups excluding carboxylic acids is 11. The zero-order valence-electron chi connectivity index (χ0n) is 38.3. The van der Waals surface area contributed by atoms with Crippen molar-refractivity contribution in [1.82, 2.24) is 0 Å². The molecule has 0 bridgehead atoms. The highest BCUT2D eigenvalue weighted by Crippen LogP contribution is 2.39. The predicted octanol–water partition coefficient (Wildman–Crippen LogP) is -0.578. The fraction of sp³-hybridized carbons (Fsp3) is 0.725. The van der Waals surface area contributed by atoms with Crippen LogP contribution >= 0.6 is 11.8 Å². The maximum atomic E-state index is 13.0. The normalized spacial score (nSPS) is 31.3. The number of rotatable bonds is 18. The van der Waals surface area contributed by atoms with E-state index in [4.69, 9.17) is 71.1 Å². The van der Waals surface area contributed by atoms with Gasteiger partial charge in [0, 0.05) is 76.2 Å². The van der Waals surface area contributed by atoms with E-state index in [0.717, 1.165) is 69.2 Å². The smallest absolute Gasteiger partial charge is 0.303 e. The lowest BCUT2D eigenvalue weighted by Crippen LogP contribution is -2.68. The van der Waals surface area contributed by atoms with Crippen LogP contribution in [0.3, 0.4) is 0 Å². The van der Waals surface area contributed by atoms with Crippen LogP contribution < -0.4 is 0 Å². The van der Waals surface area contributed by atoms with Crippen molar-refractivity contribution in [3.63, 3.8) is 0 Å². The molecule has 3 heterocycles. The maximum Gasteiger partial charge on any atom is 0.303 e. The van der Waals surface area contributed by atoms with E-state index >= 15 is 0 Å². The van der Waals surface area contributed by atoms with Crippen LogP contribution in [0.4, 0.5) is 0 Å². The second-order valence-electron chi connectivity index (χ2n) is 14.9. The van der Waals surface area contributed by atoms with E-state index in [1.807, 2.05) is 0 Å². The van der Waals surface area contributed by atoms with Crippen molar-refractivity contribution < 1.29 is 124 Å². The van der Waals surface area contributed by atoms with E-state index in [1.165, 1.54) is 6.92 Å². The fourth-order valence-electron chi connectivity index (χ4n) is 7.01. The summed E-state index contributed by atoms with van der Waals surface area (Å²) >= 11 is 0.531. The van der Waals surface area contributed by atoms with Gasteiger partial charge >= 0.3 is 59.7 Å². The van der Waals surface area contributed by atoms with Crippen molar-refractivity contribution in [3.05, 3.63) is 0 Å². The third kappa shape index (κ3) is 17.3. The fourth-order valence-corrected chi connectivity index (χ4v) is 7.88. The highest BCUT2D eigenvalue weighted by atomic mass is 32.2. The third-order valence-corrected chi connectivity index (χ3v) is 10.0. The summed E-state index contributed by atoms with van der Waals surface area (Å²) in [7, 11) is 0. The summed E-state index contributed by atoms with van der Waals surface area (Å²) in [5.74, 6) is -9.51. The SMILES string of the molecule is CC(=O)OCC1O[C@@H](O[C@H]2C(COC(C)=O)O[C@@H](O[C@H]3C(COC(C)=O)O[C@@H](SC(C)=O)C(OC(C)=O)[C@H]3OC(C)=O)C(OC(C)=O)[C@H]2OC(C)=O)C(OC(C)=O)[C@@H](OC(C)=O)[C@H]1OC(C)=O. The molecule has 3 fully saturated rings. The molecule has 67 heavy (non-hydrogen) atoms. The zero-order valence-corrected chi connectivity index (χ0v) is 39.1. The highest BCUT2D eigenvalue weighted by Gasteiger charge is 2.60. The van der Waals surface area contributed by atoms with E-state index in [9.17, 15) is 52.7 Å². The molecular formula is C40H54O26S. The van der Waals surface area contributed by atoms with Crippen molar-refractivity contribution >= 4 is 76.6 Å². The summed E-state index contributed by atoms with van der Waals surface area (Å²) in [6, 6.07) is 0. The minimum absolute atomic E-state index is 0.531. The molecule has 0 N–H and O–H groups in total. The molecule has 0 radical (unpaired) electrons. The van der Waals surface area contributed by atoms with Crippen LogP contribution in [-0.2, 0) is 124 Å². The molecule has 0 amide bonds. The quantitative estimate of drug-likeness (QED) is 0.122. The second-order valence-corrected chi connectivity index (χ2v) is 16.1. The maximum absolute atomic E-state index is 13.0. The van der Waals surface area contributed by atoms with Gasteiger partial charge in [-0.2, -0.15) is 0 Å². The molecule has 0 aromatic rings. The number of esters is 10. The predicted molar refractivity (Wildman–Crippen MR) is 213 cm³/mol. The van der Waals surface area contributed by atoms with Crippen LogP contribution in [0, 0.1) is 0 Å². The first-order valence-corrected chi connectivity index (χ1v) is 21.2. The third-order valence-electron chi connectivity index (χ3n) is 9.11. The standard InChI is InChI=1S/C40H54O26S/c1-15(41)52-12-26-29(55-18(4)44)32(56-19(5)45)35(59-22(8)48)38(62-26)65-30-27(13-53-16(2)42)63-39(36(60-23(9)49)33(30)57-20(6)46)66-31-28(14-54-17(3)43)64-40(67-25(11)51)37(61-24(10)50)34(31)58-21(7)47/h26-40H,12-14H2,1-11H3/t26?,27?,28?,29-,30-,31-,32-,33-,34-,35?,36?,37?,38-,39-,40-/m0/s1. The highest BCUT2D eigenvalue weighted by molar-refractivity contribution is 8.14. The van der Waals surface area contributed by atoms with Crippen molar-refractivity contribution in [1.29, 1.82) is 0 Å². The summed E-state index contributed by atoms with van der Waals surface area (Å²) in [6.45, 7) is 8.97. The second kappa shape index (κ2) is 25.6. The Bertz CT molecular complexity index is 1850. The number of hydrogen-bond acceptors (Lipinski definition) is 27. The first kappa shape index (κ1) is 55.8. The Balaban J connectivity index is 2.31. The van der Waals surface area contributed by atoms with Gasteiger partial charge in [0.15, 0.2) is 65.9 Å². The van der Waals surface area contributed by atoms with Crippen LogP contribution in [0.2, 0.25) is 0 Å². The van der Waals surface area contributed by atoms with E-state index in [-0.39, 0.29) is 0 Å². The molecule has 376 valence electrons. The van der Waals surface area contributed by atoms with E-state index in [0.29, 0.717) is 11.8 Å². The zero-order chi connectivity index (χ0) is 50.4. The Morgan fingerprint density at radius 1 is 0.328 bits per heavy atom. The summed E-state index contributed by atoms with van der Waals surface area (Å²) in [5, 5.41) is -0.542. The molecule has 27 heteroatoms. The number of carbonyl (C=O) groups is 11. The monoisotopic (exact) mass is 982 g/mol. The molecule has 0 aromatic heterocycles. The molecule has 6 unspecified atom stereocenters. The van der Waals surface area contributed by atoms with Crippen LogP contribution in [0.1, 0.15) is 76.2 Å². The first-order valence-electron chi connectivity index (χ1n) is 20.3. The van der Waals surface area contributed by atoms with E-state index < -0.39 is 176 Å². The number of ether oxygens (including phenoxy) is 15. The molecule has 3 aliphatic rings. The van der Waals surface area contributed by atoms with Gasteiger partial charge in [0.2, 0.25) is 0 Å². The Morgan fingerprint density at radius 3 is 0.925 bits per heavy atom. The van der Waals surface area contributed by atoms with Gasteiger partial charge in [0.1, 0.15) is 50.3 Å². The van der Waals surface area contributed by atoms with Crippen LogP contribution in [0.5, 0.6) is 0 Å². The van der Waals surface area contributed by atoms with Crippen molar-refractivity contribution in [2.45, 2.75) is 167 Å². The Kier molecular flexibility index (Phi) is 21.3. The molecule has 0 aliphatic carbocycles. The van der Waals surface area contributed by atoms with Gasteiger partial charge in [-0.05, 0) is 0 Å². The average molecular weight is 983 g/mol. The molecule has 15 atom stereocenters. The van der Waals surface area contributed by atoms with Gasteiger partial charge in [0.05, 0.1) is 0 Å². The molecular weight excluding hydrogens is 928 g/mol. The topological polar surface area (TPSA) is 326 Å². The molecule has 3 aliphatic heterocycles. The molecule has 26 nitrogen and oxygen atoms in total. The van der Waals surface area contributed by atoms with Crippen molar-refractivity contribution in [2.24, 2.45) is 0 Å². The lowest BCUT2D eigenvalue weighted by atomic mass is 9.95. The van der Waals surface area contributed by atoms with Crippen molar-refractivity contribution in [3.8, 4) is 0 Å². The lowest BCUT2D eigenvalue weighted by Gasteiger charge is -2.50. The van der Waals surface area contributed by atoms with E-state index in [1.54, 1.807) is 0 Å². The Morgan fingerprint density at radius 2 is 0.597 bits per heavy atom. The molecule has 0 saturated carbocycles. The lowest BCUT2D eigenvalue weighted by molar-refractivity contribution is -0.372. The summed E-state index contributed by atoms with van der Waals surface area (Å²) in [6.07, 6.45) is -24.9. The van der Waals surface area contributed by atoms with Gasteiger partial charge in [-0.25, -0.2) is 0 Å².